The van der Waals surface area contributed by atoms with Gasteiger partial charge < -0.3 is 0 Å². The molecule has 0 aliphatic heterocycles. The van der Waals surface area contributed by atoms with Crippen LogP contribution >= 0.6 is 0 Å². The van der Waals surface area contributed by atoms with E-state index in [4.69, 9.17) is 0 Å². The van der Waals surface area contributed by atoms with E-state index in [0.717, 1.165) is 75.5 Å². The standard InChI is InChI=1S/C27H39NO2S/c1-31(29,30,27-15-7-12-24(16-17-27)25-18-20-28-21-19-25)26-13-5-10-23(11-6-14-26)22-8-3-2-4-9-22/h2-3,8,13,18-21,23-24,27H,4-7,9-12,14-17H2,1H3,(H,29,30)/b26-13-. The first-order valence-corrected chi connectivity index (χ1v) is 14.6. The molecule has 1 aromatic rings. The van der Waals surface area contributed by atoms with Crippen LogP contribution < -0.4 is 0 Å². The zero-order valence-corrected chi connectivity index (χ0v) is 19.9. The van der Waals surface area contributed by atoms with Crippen LogP contribution in [0.25, 0.3) is 0 Å². The van der Waals surface area contributed by atoms with Gasteiger partial charge >= 0.3 is 0 Å². The van der Waals surface area contributed by atoms with Gasteiger partial charge in [-0.05, 0) is 100 Å². The molecule has 170 valence electrons. The molecule has 3 aliphatic rings. The van der Waals surface area contributed by atoms with Crippen LogP contribution in [0.4, 0.5) is 0 Å². The van der Waals surface area contributed by atoms with Gasteiger partial charge in [0.25, 0.3) is 0 Å². The summed E-state index contributed by atoms with van der Waals surface area (Å²) in [6, 6.07) is 4.21. The maximum Gasteiger partial charge on any atom is 0.0492 e. The number of rotatable bonds is 4. The SMILES string of the molecule is CS(=O)(O)(/C1=C\CCC(C2=CC=CCC2)CCC1)C1CCCC(c2ccncc2)CC1. The van der Waals surface area contributed by atoms with Crippen molar-refractivity contribution in [3.05, 3.63) is 64.9 Å². The fraction of sp³-hybridized carbons (Fsp3) is 0.593. The number of allylic oxidation sites excluding steroid dienone is 6. The van der Waals surface area contributed by atoms with E-state index in [1.54, 1.807) is 11.8 Å². The number of aromatic nitrogens is 1. The summed E-state index contributed by atoms with van der Waals surface area (Å²) in [5.41, 5.74) is 2.92. The molecule has 1 saturated carbocycles. The summed E-state index contributed by atoms with van der Waals surface area (Å²) in [7, 11) is -3.80. The third kappa shape index (κ3) is 5.28. The van der Waals surface area contributed by atoms with Crippen molar-refractivity contribution >= 4 is 9.35 Å². The Bertz CT molecular complexity index is 908. The lowest BCUT2D eigenvalue weighted by Crippen LogP contribution is -2.44. The molecule has 0 spiro atoms. The van der Waals surface area contributed by atoms with Crippen LogP contribution in [-0.2, 0) is 9.35 Å². The number of nitrogens with zero attached hydrogens (tertiary/aromatic N) is 1. The summed E-state index contributed by atoms with van der Waals surface area (Å²) in [4.78, 5) is 5.00. The monoisotopic (exact) mass is 441 g/mol. The highest BCUT2D eigenvalue weighted by molar-refractivity contribution is 8.18. The Labute approximate surface area is 188 Å². The molecule has 3 unspecified atom stereocenters. The molecular formula is C27H39NO2S. The average molecular weight is 442 g/mol. The van der Waals surface area contributed by atoms with Gasteiger partial charge in [-0.15, -0.1) is 0 Å². The van der Waals surface area contributed by atoms with Crippen LogP contribution in [0.2, 0.25) is 0 Å². The average Bonchev–Trinajstić information content (AvgIpc) is 3.02. The maximum atomic E-state index is 14.2. The lowest BCUT2D eigenvalue weighted by atomic mass is 9.84. The van der Waals surface area contributed by atoms with Crippen molar-refractivity contribution in [1.29, 1.82) is 0 Å². The molecule has 4 heteroatoms. The Hall–Kier alpha value is -1.52. The number of pyridine rings is 1. The predicted molar refractivity (Wildman–Crippen MR) is 132 cm³/mol. The molecule has 31 heavy (non-hydrogen) atoms. The van der Waals surface area contributed by atoms with Crippen LogP contribution in [-0.4, -0.2) is 25.3 Å². The smallest absolute Gasteiger partial charge is 0.0492 e. The van der Waals surface area contributed by atoms with Crippen LogP contribution in [0, 0.1) is 5.92 Å². The lowest BCUT2D eigenvalue weighted by Gasteiger charge is -2.48. The van der Waals surface area contributed by atoms with E-state index in [2.05, 4.69) is 41.4 Å². The third-order valence-corrected chi connectivity index (χ3v) is 11.6. The summed E-state index contributed by atoms with van der Waals surface area (Å²) in [5, 5.41) is -0.114. The topological polar surface area (TPSA) is 50.2 Å². The minimum Gasteiger partial charge on any atom is -0.299 e. The molecule has 1 aromatic heterocycles. The Kier molecular flexibility index (Phi) is 6.98. The van der Waals surface area contributed by atoms with Crippen LogP contribution in [0.15, 0.2) is 59.3 Å². The van der Waals surface area contributed by atoms with Crippen LogP contribution in [0.5, 0.6) is 0 Å². The molecule has 1 N–H and O–H groups in total. The fourth-order valence-corrected chi connectivity index (χ4v) is 9.01. The first-order valence-electron chi connectivity index (χ1n) is 12.3. The van der Waals surface area contributed by atoms with Gasteiger partial charge in [0.1, 0.15) is 0 Å². The van der Waals surface area contributed by atoms with E-state index < -0.39 is 9.35 Å². The lowest BCUT2D eigenvalue weighted by molar-refractivity contribution is 0.466. The Morgan fingerprint density at radius 1 is 0.935 bits per heavy atom. The molecule has 4 rings (SSSR count). The van der Waals surface area contributed by atoms with Crippen molar-refractivity contribution in [2.45, 2.75) is 88.2 Å². The Balaban J connectivity index is 1.45. The van der Waals surface area contributed by atoms with Crippen molar-refractivity contribution in [2.24, 2.45) is 5.92 Å². The molecule has 0 radical (unpaired) electrons. The summed E-state index contributed by atoms with van der Waals surface area (Å²) in [6.45, 7) is 0. The highest BCUT2D eigenvalue weighted by Crippen LogP contribution is 2.46. The van der Waals surface area contributed by atoms with Gasteiger partial charge in [0.15, 0.2) is 0 Å². The van der Waals surface area contributed by atoms with E-state index in [-0.39, 0.29) is 5.25 Å². The van der Waals surface area contributed by atoms with Gasteiger partial charge in [-0.2, -0.15) is 9.35 Å². The van der Waals surface area contributed by atoms with Crippen LogP contribution in [0.1, 0.15) is 88.5 Å². The molecule has 0 amide bonds. The minimum absolute atomic E-state index is 0.114. The number of hydrogen-bond acceptors (Lipinski definition) is 2. The molecule has 0 saturated heterocycles. The molecule has 0 bridgehead atoms. The van der Waals surface area contributed by atoms with Gasteiger partial charge in [-0.1, -0.05) is 36.3 Å². The normalized spacial score (nSPS) is 31.2. The van der Waals surface area contributed by atoms with Gasteiger partial charge in [0.05, 0.1) is 0 Å². The van der Waals surface area contributed by atoms with Crippen molar-refractivity contribution in [2.75, 3.05) is 6.26 Å². The van der Waals surface area contributed by atoms with Gasteiger partial charge in [-0.3, -0.25) is 9.54 Å². The van der Waals surface area contributed by atoms with Crippen molar-refractivity contribution in [3.8, 4) is 0 Å². The van der Waals surface area contributed by atoms with Crippen molar-refractivity contribution in [3.63, 3.8) is 0 Å². The first kappa shape index (κ1) is 22.7. The fourth-order valence-electron chi connectivity index (χ4n) is 6.00. The van der Waals surface area contributed by atoms with E-state index in [9.17, 15) is 8.76 Å². The highest BCUT2D eigenvalue weighted by atomic mass is 32.3. The van der Waals surface area contributed by atoms with E-state index in [1.807, 2.05) is 12.4 Å². The molecule has 1 heterocycles. The Morgan fingerprint density at radius 3 is 2.52 bits per heavy atom. The second-order valence-corrected chi connectivity index (χ2v) is 13.9. The summed E-state index contributed by atoms with van der Waals surface area (Å²) < 4.78 is 25.9. The third-order valence-electron chi connectivity index (χ3n) is 7.95. The van der Waals surface area contributed by atoms with E-state index >= 15 is 0 Å². The van der Waals surface area contributed by atoms with Gasteiger partial charge in [0.2, 0.25) is 0 Å². The Morgan fingerprint density at radius 2 is 1.74 bits per heavy atom. The zero-order valence-electron chi connectivity index (χ0n) is 19.0. The maximum absolute atomic E-state index is 14.2. The van der Waals surface area contributed by atoms with E-state index in [0.29, 0.717) is 11.8 Å². The van der Waals surface area contributed by atoms with Crippen LogP contribution in [0.3, 0.4) is 0 Å². The quantitative estimate of drug-likeness (QED) is 0.504. The first-order chi connectivity index (χ1) is 14.9. The largest absolute Gasteiger partial charge is 0.299 e. The van der Waals surface area contributed by atoms with Crippen molar-refractivity contribution in [1.82, 2.24) is 4.98 Å². The van der Waals surface area contributed by atoms with Crippen molar-refractivity contribution < 1.29 is 8.76 Å². The summed E-state index contributed by atoms with van der Waals surface area (Å²) in [6.07, 6.45) is 26.5. The molecule has 1 fully saturated rings. The molecule has 3 atom stereocenters. The zero-order chi connectivity index (χ0) is 21.8. The van der Waals surface area contributed by atoms with E-state index in [1.165, 1.54) is 12.0 Å². The summed E-state index contributed by atoms with van der Waals surface area (Å²) >= 11 is 0. The number of hydrogen-bond donors (Lipinski definition) is 1. The molecule has 0 aromatic carbocycles. The molecular weight excluding hydrogens is 402 g/mol. The highest BCUT2D eigenvalue weighted by Gasteiger charge is 2.38. The minimum atomic E-state index is -3.80. The molecule has 3 nitrogen and oxygen atoms in total. The van der Waals surface area contributed by atoms with Gasteiger partial charge in [0, 0.05) is 28.8 Å². The summed E-state index contributed by atoms with van der Waals surface area (Å²) in [5.74, 6) is 1.13. The second kappa shape index (κ2) is 9.54. The predicted octanol–water partition coefficient (Wildman–Crippen LogP) is 7.16. The molecule has 3 aliphatic carbocycles. The second-order valence-electron chi connectivity index (χ2n) is 10.0. The van der Waals surface area contributed by atoms with Gasteiger partial charge in [-0.25, -0.2) is 4.21 Å².